The van der Waals surface area contributed by atoms with Crippen LogP contribution in [0.25, 0.3) is 0 Å². The highest BCUT2D eigenvalue weighted by Crippen LogP contribution is 2.29. The van der Waals surface area contributed by atoms with Crippen molar-refractivity contribution >= 4 is 5.91 Å². The predicted molar refractivity (Wildman–Crippen MR) is 76.6 cm³/mol. The number of aliphatic hydroxyl groups excluding tert-OH is 1. The fourth-order valence-corrected chi connectivity index (χ4v) is 2.94. The minimum atomic E-state index is -0.647. The van der Waals surface area contributed by atoms with Crippen LogP contribution in [0.2, 0.25) is 0 Å². The molecule has 2 heterocycles. The van der Waals surface area contributed by atoms with Crippen molar-refractivity contribution in [2.24, 2.45) is 5.92 Å². The molecule has 1 saturated carbocycles. The Kier molecular flexibility index (Phi) is 4.60. The normalized spacial score (nSPS) is 23.5. The molecule has 2 unspecified atom stereocenters. The molecule has 3 rings (SSSR count). The van der Waals surface area contributed by atoms with Crippen molar-refractivity contribution in [1.29, 1.82) is 0 Å². The predicted octanol–water partition coefficient (Wildman–Crippen LogP) is 2.12. The highest BCUT2D eigenvalue weighted by molar-refractivity contribution is 5.78. The molecule has 5 nitrogen and oxygen atoms in total. The van der Waals surface area contributed by atoms with E-state index in [2.05, 4.69) is 0 Å². The van der Waals surface area contributed by atoms with Gasteiger partial charge in [0.1, 0.15) is 18.5 Å². The Morgan fingerprint density at radius 3 is 3.05 bits per heavy atom. The fourth-order valence-electron chi connectivity index (χ4n) is 2.94. The molecular weight excluding hydrogens is 270 g/mol. The molecule has 0 radical (unpaired) electrons. The Morgan fingerprint density at radius 1 is 1.48 bits per heavy atom. The summed E-state index contributed by atoms with van der Waals surface area (Å²) in [6.45, 7) is 1.64. The summed E-state index contributed by atoms with van der Waals surface area (Å²) in [5.74, 6) is 1.29. The third-order valence-electron chi connectivity index (χ3n) is 4.34. The molecule has 1 saturated heterocycles. The number of amides is 1. The zero-order chi connectivity index (χ0) is 14.7. The van der Waals surface area contributed by atoms with E-state index in [1.165, 1.54) is 12.8 Å². The van der Waals surface area contributed by atoms with Gasteiger partial charge >= 0.3 is 0 Å². The lowest BCUT2D eigenvalue weighted by Crippen LogP contribution is -2.38. The van der Waals surface area contributed by atoms with E-state index >= 15 is 0 Å². The summed E-state index contributed by atoms with van der Waals surface area (Å²) >= 11 is 0. The summed E-state index contributed by atoms with van der Waals surface area (Å²) < 4.78 is 10.7. The van der Waals surface area contributed by atoms with Crippen molar-refractivity contribution in [3.05, 3.63) is 24.2 Å². The molecule has 1 aliphatic carbocycles. The van der Waals surface area contributed by atoms with Crippen LogP contribution in [-0.2, 0) is 9.53 Å². The van der Waals surface area contributed by atoms with Gasteiger partial charge in [-0.25, -0.2) is 0 Å². The Bertz CT molecular complexity index is 455. The molecule has 116 valence electrons. The maximum atomic E-state index is 12.2. The minimum absolute atomic E-state index is 0.0461. The largest absolute Gasteiger partial charge is 0.467 e. The Labute approximate surface area is 124 Å². The molecule has 0 bridgehead atoms. The second-order valence-corrected chi connectivity index (χ2v) is 6.11. The van der Waals surface area contributed by atoms with E-state index < -0.39 is 6.10 Å². The Hall–Kier alpha value is -1.33. The average Bonchev–Trinajstić information content (AvgIpc) is 2.95. The topological polar surface area (TPSA) is 62.9 Å². The van der Waals surface area contributed by atoms with E-state index in [1.54, 1.807) is 18.4 Å². The van der Waals surface area contributed by atoms with Crippen LogP contribution < -0.4 is 0 Å². The Morgan fingerprint density at radius 2 is 2.33 bits per heavy atom. The van der Waals surface area contributed by atoms with Crippen LogP contribution in [0.4, 0.5) is 0 Å². The molecule has 1 aliphatic heterocycles. The molecule has 2 aliphatic rings. The third-order valence-corrected chi connectivity index (χ3v) is 4.34. The molecule has 21 heavy (non-hydrogen) atoms. The maximum absolute atomic E-state index is 12.2. The number of rotatable bonds is 7. The van der Waals surface area contributed by atoms with Gasteiger partial charge in [-0.2, -0.15) is 0 Å². The fraction of sp³-hybridized carbons (Fsp3) is 0.688. The molecule has 1 aromatic heterocycles. The van der Waals surface area contributed by atoms with E-state index in [0.717, 1.165) is 19.4 Å². The van der Waals surface area contributed by atoms with Gasteiger partial charge in [0.2, 0.25) is 5.91 Å². The quantitative estimate of drug-likeness (QED) is 0.836. The number of hydrogen-bond donors (Lipinski definition) is 1. The van der Waals surface area contributed by atoms with Gasteiger partial charge in [0, 0.05) is 19.0 Å². The number of carbonyl (C=O) groups excluding carboxylic acids is 1. The van der Waals surface area contributed by atoms with Crippen LogP contribution >= 0.6 is 0 Å². The standard InChI is InChI=1S/C16H23NO4/c18-14(15-4-2-8-21-15)9-13-3-1-7-17(13)16(19)11-20-10-12-5-6-12/h2,4,8,12-14,18H,1,3,5-7,9-11H2. The number of nitrogens with zero attached hydrogens (tertiary/aromatic N) is 1. The van der Waals surface area contributed by atoms with Crippen LogP contribution in [0.15, 0.2) is 22.8 Å². The second kappa shape index (κ2) is 6.62. The zero-order valence-electron chi connectivity index (χ0n) is 12.2. The zero-order valence-corrected chi connectivity index (χ0v) is 12.2. The van der Waals surface area contributed by atoms with Crippen LogP contribution in [0, 0.1) is 5.92 Å². The monoisotopic (exact) mass is 293 g/mol. The Balaban J connectivity index is 1.48. The van der Waals surface area contributed by atoms with E-state index in [0.29, 0.717) is 24.7 Å². The van der Waals surface area contributed by atoms with Crippen LogP contribution in [-0.4, -0.2) is 41.7 Å². The average molecular weight is 293 g/mol. The number of likely N-dealkylation sites (tertiary alicyclic amines) is 1. The second-order valence-electron chi connectivity index (χ2n) is 6.11. The first-order valence-corrected chi connectivity index (χ1v) is 7.82. The molecule has 1 aromatic rings. The maximum Gasteiger partial charge on any atom is 0.248 e. The van der Waals surface area contributed by atoms with Crippen molar-refractivity contribution in [1.82, 2.24) is 4.90 Å². The lowest BCUT2D eigenvalue weighted by molar-refractivity contribution is -0.137. The van der Waals surface area contributed by atoms with Crippen molar-refractivity contribution < 1.29 is 19.1 Å². The first-order chi connectivity index (χ1) is 10.2. The molecular formula is C16H23NO4. The molecule has 2 fully saturated rings. The van der Waals surface area contributed by atoms with Gasteiger partial charge in [0.25, 0.3) is 0 Å². The van der Waals surface area contributed by atoms with Crippen LogP contribution in [0.1, 0.15) is 44.0 Å². The summed E-state index contributed by atoms with van der Waals surface area (Å²) in [6.07, 6.45) is 5.83. The first kappa shape index (κ1) is 14.6. The third kappa shape index (κ3) is 3.86. The van der Waals surface area contributed by atoms with Crippen molar-refractivity contribution in [3.8, 4) is 0 Å². The first-order valence-electron chi connectivity index (χ1n) is 7.82. The SMILES string of the molecule is O=C(COCC1CC1)N1CCCC1CC(O)c1ccco1. The van der Waals surface area contributed by atoms with E-state index in [-0.39, 0.29) is 18.6 Å². The molecule has 5 heteroatoms. The van der Waals surface area contributed by atoms with Gasteiger partial charge < -0.3 is 19.2 Å². The summed E-state index contributed by atoms with van der Waals surface area (Å²) in [7, 11) is 0. The molecule has 1 N–H and O–H groups in total. The highest BCUT2D eigenvalue weighted by atomic mass is 16.5. The summed E-state index contributed by atoms with van der Waals surface area (Å²) in [6, 6.07) is 3.62. The minimum Gasteiger partial charge on any atom is -0.467 e. The van der Waals surface area contributed by atoms with Gasteiger partial charge in [-0.05, 0) is 43.7 Å². The number of carbonyl (C=O) groups is 1. The van der Waals surface area contributed by atoms with E-state index in [1.807, 2.05) is 4.90 Å². The van der Waals surface area contributed by atoms with Crippen molar-refractivity contribution in [2.45, 2.75) is 44.2 Å². The summed E-state index contributed by atoms with van der Waals surface area (Å²) in [5.41, 5.74) is 0. The van der Waals surface area contributed by atoms with Gasteiger partial charge in [-0.3, -0.25) is 4.79 Å². The number of furan rings is 1. The molecule has 0 aromatic carbocycles. The van der Waals surface area contributed by atoms with Gasteiger partial charge in [-0.15, -0.1) is 0 Å². The van der Waals surface area contributed by atoms with Gasteiger partial charge in [0.15, 0.2) is 0 Å². The van der Waals surface area contributed by atoms with Crippen LogP contribution in [0.3, 0.4) is 0 Å². The number of hydrogen-bond acceptors (Lipinski definition) is 4. The lowest BCUT2D eigenvalue weighted by atomic mass is 10.1. The summed E-state index contributed by atoms with van der Waals surface area (Å²) in [5, 5.41) is 10.2. The summed E-state index contributed by atoms with van der Waals surface area (Å²) in [4.78, 5) is 14.1. The van der Waals surface area contributed by atoms with Crippen molar-refractivity contribution in [2.75, 3.05) is 19.8 Å². The number of aliphatic hydroxyl groups is 1. The molecule has 1 amide bonds. The highest BCUT2D eigenvalue weighted by Gasteiger charge is 2.31. The molecule has 0 spiro atoms. The van der Waals surface area contributed by atoms with Gasteiger partial charge in [-0.1, -0.05) is 0 Å². The lowest BCUT2D eigenvalue weighted by Gasteiger charge is -2.26. The van der Waals surface area contributed by atoms with Crippen molar-refractivity contribution in [3.63, 3.8) is 0 Å². The molecule has 2 atom stereocenters. The van der Waals surface area contributed by atoms with Crippen LogP contribution in [0.5, 0.6) is 0 Å². The van der Waals surface area contributed by atoms with E-state index in [9.17, 15) is 9.90 Å². The van der Waals surface area contributed by atoms with E-state index in [4.69, 9.17) is 9.15 Å². The smallest absolute Gasteiger partial charge is 0.248 e. The van der Waals surface area contributed by atoms with Gasteiger partial charge in [0.05, 0.1) is 12.9 Å². The number of ether oxygens (including phenoxy) is 1.